The Morgan fingerprint density at radius 2 is 2.50 bits per heavy atom. The first-order chi connectivity index (χ1) is 9.58. The zero-order valence-electron chi connectivity index (χ0n) is 11.9. The molecule has 1 aromatic heterocycles. The molecule has 0 saturated heterocycles. The summed E-state index contributed by atoms with van der Waals surface area (Å²) in [6, 6.07) is 0. The highest BCUT2D eigenvalue weighted by Gasteiger charge is 2.46. The third kappa shape index (κ3) is 3.33. The van der Waals surface area contributed by atoms with Crippen molar-refractivity contribution >= 4 is 28.5 Å². The van der Waals surface area contributed by atoms with Gasteiger partial charge in [-0.3, -0.25) is 9.48 Å². The zero-order valence-corrected chi connectivity index (χ0v) is 14.1. The van der Waals surface area contributed by atoms with Crippen LogP contribution in [0.5, 0.6) is 0 Å². The molecule has 0 bridgehead atoms. The van der Waals surface area contributed by atoms with E-state index in [4.69, 9.17) is 5.73 Å². The lowest BCUT2D eigenvalue weighted by atomic mass is 9.83. The van der Waals surface area contributed by atoms with Crippen LogP contribution in [0.4, 0.5) is 0 Å². The van der Waals surface area contributed by atoms with Gasteiger partial charge in [-0.15, -0.1) is 0 Å². The second-order valence-electron chi connectivity index (χ2n) is 5.56. The Morgan fingerprint density at radius 1 is 1.70 bits per heavy atom. The third-order valence-corrected chi connectivity index (χ3v) is 4.82. The monoisotopic (exact) mass is 390 g/mol. The Morgan fingerprint density at radius 3 is 3.10 bits per heavy atom. The quantitative estimate of drug-likeness (QED) is 0.699. The van der Waals surface area contributed by atoms with E-state index >= 15 is 0 Å². The van der Waals surface area contributed by atoms with E-state index in [-0.39, 0.29) is 5.91 Å². The van der Waals surface area contributed by atoms with Crippen LogP contribution < -0.4 is 11.1 Å². The van der Waals surface area contributed by atoms with Crippen molar-refractivity contribution in [1.29, 1.82) is 0 Å². The van der Waals surface area contributed by atoms with E-state index < -0.39 is 5.54 Å². The number of halogens is 1. The van der Waals surface area contributed by atoms with Gasteiger partial charge in [-0.25, -0.2) is 0 Å². The van der Waals surface area contributed by atoms with E-state index in [1.54, 1.807) is 0 Å². The molecule has 1 aromatic rings. The topological polar surface area (TPSA) is 72.9 Å². The number of hydrogen-bond acceptors (Lipinski definition) is 3. The van der Waals surface area contributed by atoms with Crippen molar-refractivity contribution in [1.82, 2.24) is 15.1 Å². The van der Waals surface area contributed by atoms with E-state index in [1.165, 1.54) is 0 Å². The van der Waals surface area contributed by atoms with Gasteiger partial charge in [0.2, 0.25) is 5.91 Å². The van der Waals surface area contributed by atoms with E-state index in [9.17, 15) is 4.79 Å². The van der Waals surface area contributed by atoms with Crippen molar-refractivity contribution in [2.75, 3.05) is 6.54 Å². The van der Waals surface area contributed by atoms with Gasteiger partial charge in [0.25, 0.3) is 0 Å². The maximum atomic E-state index is 12.0. The standard InChI is InChI=1S/C14H23IN4O/c1-2-7-17-14(13(16)20)6-3-4-11(14)5-8-19-10-12(15)9-18-19/h9-11,17H,2-8H2,1H3,(H2,16,20). The van der Waals surface area contributed by atoms with Gasteiger partial charge in [-0.2, -0.15) is 5.10 Å². The van der Waals surface area contributed by atoms with Crippen LogP contribution in [0, 0.1) is 9.49 Å². The molecule has 0 radical (unpaired) electrons. The largest absolute Gasteiger partial charge is 0.368 e. The number of nitrogens with zero attached hydrogens (tertiary/aromatic N) is 2. The minimum atomic E-state index is -0.504. The maximum Gasteiger partial charge on any atom is 0.238 e. The Labute approximate surface area is 133 Å². The molecule has 2 rings (SSSR count). The normalized spacial score (nSPS) is 26.0. The van der Waals surface area contributed by atoms with Gasteiger partial charge in [0.15, 0.2) is 0 Å². The molecule has 2 unspecified atom stereocenters. The van der Waals surface area contributed by atoms with E-state index in [0.717, 1.165) is 48.8 Å². The minimum Gasteiger partial charge on any atom is -0.368 e. The molecule has 2 atom stereocenters. The molecule has 0 aliphatic heterocycles. The fraction of sp³-hybridized carbons (Fsp3) is 0.714. The van der Waals surface area contributed by atoms with Crippen molar-refractivity contribution in [3.8, 4) is 0 Å². The predicted molar refractivity (Wildman–Crippen MR) is 87.1 cm³/mol. The zero-order chi connectivity index (χ0) is 14.6. The Balaban J connectivity index is 2.02. The van der Waals surface area contributed by atoms with Crippen molar-refractivity contribution in [3.05, 3.63) is 16.0 Å². The maximum absolute atomic E-state index is 12.0. The second-order valence-corrected chi connectivity index (χ2v) is 6.81. The van der Waals surface area contributed by atoms with Crippen LogP contribution in [0.2, 0.25) is 0 Å². The highest BCUT2D eigenvalue weighted by Crippen LogP contribution is 2.38. The highest BCUT2D eigenvalue weighted by molar-refractivity contribution is 14.1. The Bertz CT molecular complexity index is 462. The van der Waals surface area contributed by atoms with Gasteiger partial charge in [0, 0.05) is 12.7 Å². The molecule has 1 fully saturated rings. The summed E-state index contributed by atoms with van der Waals surface area (Å²) in [6.07, 6.45) is 8.84. The summed E-state index contributed by atoms with van der Waals surface area (Å²) in [7, 11) is 0. The molecule has 1 saturated carbocycles. The molecule has 0 aromatic carbocycles. The molecule has 1 heterocycles. The van der Waals surface area contributed by atoms with Gasteiger partial charge >= 0.3 is 0 Å². The summed E-state index contributed by atoms with van der Waals surface area (Å²) in [6.45, 7) is 3.80. The predicted octanol–water partition coefficient (Wildman–Crippen LogP) is 1.90. The summed E-state index contributed by atoms with van der Waals surface area (Å²) in [5.41, 5.74) is 5.21. The van der Waals surface area contributed by atoms with E-state index in [1.807, 2.05) is 17.1 Å². The first-order valence-corrected chi connectivity index (χ1v) is 8.39. The number of nitrogens with one attached hydrogen (secondary N) is 1. The lowest BCUT2D eigenvalue weighted by molar-refractivity contribution is -0.126. The number of nitrogens with two attached hydrogens (primary N) is 1. The smallest absolute Gasteiger partial charge is 0.238 e. The van der Waals surface area contributed by atoms with Crippen molar-refractivity contribution < 1.29 is 4.79 Å². The summed E-state index contributed by atoms with van der Waals surface area (Å²) < 4.78 is 3.09. The first kappa shape index (κ1) is 15.8. The number of amides is 1. The minimum absolute atomic E-state index is 0.191. The summed E-state index contributed by atoms with van der Waals surface area (Å²) in [5.74, 6) is 0.122. The lowest BCUT2D eigenvalue weighted by Crippen LogP contribution is -2.58. The molecule has 1 aliphatic rings. The summed E-state index contributed by atoms with van der Waals surface area (Å²) in [5, 5.41) is 7.73. The van der Waals surface area contributed by atoms with Crippen molar-refractivity contribution in [2.24, 2.45) is 11.7 Å². The van der Waals surface area contributed by atoms with Gasteiger partial charge in [0.1, 0.15) is 5.54 Å². The Hall–Kier alpha value is -0.630. The number of aryl methyl sites for hydroxylation is 1. The SMILES string of the molecule is CCCNC1(C(N)=O)CCCC1CCn1cc(I)cn1. The highest BCUT2D eigenvalue weighted by atomic mass is 127. The van der Waals surface area contributed by atoms with Crippen LogP contribution in [0.3, 0.4) is 0 Å². The molecular formula is C14H23IN4O. The molecule has 1 aliphatic carbocycles. The summed E-state index contributed by atoms with van der Waals surface area (Å²) >= 11 is 2.25. The summed E-state index contributed by atoms with van der Waals surface area (Å²) in [4.78, 5) is 12.0. The fourth-order valence-corrected chi connectivity index (χ4v) is 3.66. The van der Waals surface area contributed by atoms with Crippen LogP contribution in [0.1, 0.15) is 39.0 Å². The molecule has 6 heteroatoms. The average molecular weight is 390 g/mol. The number of carbonyl (C=O) groups excluding carboxylic acids is 1. The number of hydrogen-bond donors (Lipinski definition) is 2. The molecule has 0 spiro atoms. The first-order valence-electron chi connectivity index (χ1n) is 7.31. The number of rotatable bonds is 7. The van der Waals surface area contributed by atoms with Gasteiger partial charge in [-0.05, 0) is 60.7 Å². The third-order valence-electron chi connectivity index (χ3n) is 4.26. The van der Waals surface area contributed by atoms with Crippen LogP contribution in [-0.4, -0.2) is 27.8 Å². The van der Waals surface area contributed by atoms with Crippen molar-refractivity contribution in [2.45, 2.75) is 51.1 Å². The molecule has 20 heavy (non-hydrogen) atoms. The number of carbonyl (C=O) groups is 1. The van der Waals surface area contributed by atoms with Crippen LogP contribution >= 0.6 is 22.6 Å². The van der Waals surface area contributed by atoms with Gasteiger partial charge < -0.3 is 11.1 Å². The van der Waals surface area contributed by atoms with E-state index in [0.29, 0.717) is 5.92 Å². The second kappa shape index (κ2) is 6.89. The van der Waals surface area contributed by atoms with Gasteiger partial charge in [-0.1, -0.05) is 13.3 Å². The Kier molecular flexibility index (Phi) is 5.42. The molecule has 3 N–H and O–H groups in total. The molecule has 1 amide bonds. The molecule has 112 valence electrons. The fourth-order valence-electron chi connectivity index (χ4n) is 3.21. The van der Waals surface area contributed by atoms with Crippen LogP contribution in [0.25, 0.3) is 0 Å². The van der Waals surface area contributed by atoms with Gasteiger partial charge in [0.05, 0.1) is 9.77 Å². The van der Waals surface area contributed by atoms with E-state index in [2.05, 4.69) is 39.9 Å². The van der Waals surface area contributed by atoms with Crippen LogP contribution in [-0.2, 0) is 11.3 Å². The average Bonchev–Trinajstić information content (AvgIpc) is 3.01. The van der Waals surface area contributed by atoms with Crippen molar-refractivity contribution in [3.63, 3.8) is 0 Å². The number of aromatic nitrogens is 2. The molecular weight excluding hydrogens is 367 g/mol. The number of primary amides is 1. The lowest BCUT2D eigenvalue weighted by Gasteiger charge is -2.33. The van der Waals surface area contributed by atoms with Crippen LogP contribution in [0.15, 0.2) is 12.4 Å². The molecule has 5 nitrogen and oxygen atoms in total.